The molecular weight excluding hydrogens is 289 g/mol. The summed E-state index contributed by atoms with van der Waals surface area (Å²) < 4.78 is 19.3. The second-order valence-electron chi connectivity index (χ2n) is 4.81. The number of hydrogen-bond donors (Lipinski definition) is 1. The summed E-state index contributed by atoms with van der Waals surface area (Å²) in [6, 6.07) is 12.4. The van der Waals surface area contributed by atoms with E-state index in [1.54, 1.807) is 12.1 Å². The Balaban J connectivity index is 1.98. The van der Waals surface area contributed by atoms with Crippen LogP contribution in [0.2, 0.25) is 5.02 Å². The molecular formula is C17H19ClFNO. The second kappa shape index (κ2) is 8.01. The van der Waals surface area contributed by atoms with Gasteiger partial charge in [0.1, 0.15) is 18.2 Å². The molecule has 1 N–H and O–H groups in total. The molecule has 0 bridgehead atoms. The first-order chi connectivity index (χ1) is 10.2. The van der Waals surface area contributed by atoms with Crippen molar-refractivity contribution in [1.82, 2.24) is 5.32 Å². The van der Waals surface area contributed by atoms with E-state index in [0.29, 0.717) is 16.3 Å². The largest absolute Gasteiger partial charge is 0.489 e. The summed E-state index contributed by atoms with van der Waals surface area (Å²) in [6.45, 7) is 4.03. The van der Waals surface area contributed by atoms with E-state index in [2.05, 4.69) is 12.2 Å². The topological polar surface area (TPSA) is 21.3 Å². The van der Waals surface area contributed by atoms with Crippen LogP contribution in [0.4, 0.5) is 4.39 Å². The molecule has 0 aliphatic carbocycles. The first-order valence-electron chi connectivity index (χ1n) is 7.06. The van der Waals surface area contributed by atoms with Crippen molar-refractivity contribution in [2.75, 3.05) is 6.54 Å². The minimum atomic E-state index is -0.344. The number of halogens is 2. The first kappa shape index (κ1) is 15.8. The molecule has 0 amide bonds. The van der Waals surface area contributed by atoms with Gasteiger partial charge in [0.25, 0.3) is 0 Å². The van der Waals surface area contributed by atoms with Gasteiger partial charge in [0.15, 0.2) is 0 Å². The Labute approximate surface area is 129 Å². The molecule has 112 valence electrons. The predicted molar refractivity (Wildman–Crippen MR) is 84.2 cm³/mol. The molecule has 0 saturated heterocycles. The van der Waals surface area contributed by atoms with Crippen molar-refractivity contribution < 1.29 is 9.13 Å². The zero-order valence-corrected chi connectivity index (χ0v) is 12.8. The van der Waals surface area contributed by atoms with Crippen molar-refractivity contribution in [2.45, 2.75) is 26.5 Å². The van der Waals surface area contributed by atoms with Crippen LogP contribution in [0, 0.1) is 5.82 Å². The second-order valence-corrected chi connectivity index (χ2v) is 5.22. The van der Waals surface area contributed by atoms with Crippen LogP contribution in [-0.2, 0) is 13.2 Å². The quantitative estimate of drug-likeness (QED) is 0.757. The van der Waals surface area contributed by atoms with E-state index in [4.69, 9.17) is 16.3 Å². The summed E-state index contributed by atoms with van der Waals surface area (Å²) in [5, 5.41) is 3.72. The first-order valence-corrected chi connectivity index (χ1v) is 7.44. The van der Waals surface area contributed by atoms with Gasteiger partial charge in [0.05, 0.1) is 5.02 Å². The summed E-state index contributed by atoms with van der Waals surface area (Å²) in [6.07, 6.45) is 1.10. The highest BCUT2D eigenvalue weighted by Gasteiger charge is 2.07. The SMILES string of the molecule is CCCNCc1cccc(OCc2c(F)cccc2Cl)c1. The third-order valence-electron chi connectivity index (χ3n) is 3.10. The van der Waals surface area contributed by atoms with Crippen LogP contribution in [0.15, 0.2) is 42.5 Å². The Hall–Kier alpha value is -1.58. The summed E-state index contributed by atoms with van der Waals surface area (Å²) >= 11 is 5.98. The van der Waals surface area contributed by atoms with Crippen LogP contribution in [0.25, 0.3) is 0 Å². The van der Waals surface area contributed by atoms with Crippen molar-refractivity contribution in [1.29, 1.82) is 0 Å². The molecule has 0 heterocycles. The number of rotatable bonds is 7. The van der Waals surface area contributed by atoms with Gasteiger partial charge < -0.3 is 10.1 Å². The molecule has 0 aromatic heterocycles. The highest BCUT2D eigenvalue weighted by Crippen LogP contribution is 2.22. The molecule has 4 heteroatoms. The predicted octanol–water partition coefficient (Wildman–Crippen LogP) is 4.56. The summed E-state index contributed by atoms with van der Waals surface area (Å²) in [4.78, 5) is 0. The van der Waals surface area contributed by atoms with E-state index in [9.17, 15) is 4.39 Å². The molecule has 0 fully saturated rings. The fourth-order valence-corrected chi connectivity index (χ4v) is 2.20. The molecule has 0 saturated carbocycles. The lowest BCUT2D eigenvalue weighted by Crippen LogP contribution is -2.13. The van der Waals surface area contributed by atoms with Gasteiger partial charge in [-0.15, -0.1) is 0 Å². The fourth-order valence-electron chi connectivity index (χ4n) is 1.98. The maximum absolute atomic E-state index is 13.7. The van der Waals surface area contributed by atoms with Crippen LogP contribution < -0.4 is 10.1 Å². The Bertz CT molecular complexity index is 569. The number of benzene rings is 2. The lowest BCUT2D eigenvalue weighted by Gasteiger charge is -2.10. The van der Waals surface area contributed by atoms with Gasteiger partial charge in [0, 0.05) is 12.1 Å². The Morgan fingerprint density at radius 1 is 1.19 bits per heavy atom. The molecule has 0 aliphatic rings. The van der Waals surface area contributed by atoms with E-state index < -0.39 is 0 Å². The highest BCUT2D eigenvalue weighted by atomic mass is 35.5. The van der Waals surface area contributed by atoms with E-state index in [1.807, 2.05) is 24.3 Å². The summed E-state index contributed by atoms with van der Waals surface area (Å²) in [5.41, 5.74) is 1.52. The van der Waals surface area contributed by atoms with E-state index in [-0.39, 0.29) is 12.4 Å². The molecule has 21 heavy (non-hydrogen) atoms. The van der Waals surface area contributed by atoms with Gasteiger partial charge >= 0.3 is 0 Å². The monoisotopic (exact) mass is 307 g/mol. The molecule has 2 aromatic carbocycles. The van der Waals surface area contributed by atoms with Gasteiger partial charge in [0.2, 0.25) is 0 Å². The van der Waals surface area contributed by atoms with Crippen LogP contribution in [-0.4, -0.2) is 6.54 Å². The zero-order valence-electron chi connectivity index (χ0n) is 12.0. The lowest BCUT2D eigenvalue weighted by molar-refractivity contribution is 0.299. The third-order valence-corrected chi connectivity index (χ3v) is 3.45. The molecule has 0 aliphatic heterocycles. The minimum Gasteiger partial charge on any atom is -0.489 e. The maximum atomic E-state index is 13.7. The maximum Gasteiger partial charge on any atom is 0.131 e. The number of hydrogen-bond acceptors (Lipinski definition) is 2. The Kier molecular flexibility index (Phi) is 6.03. The number of ether oxygens (including phenoxy) is 1. The highest BCUT2D eigenvalue weighted by molar-refractivity contribution is 6.31. The van der Waals surface area contributed by atoms with Gasteiger partial charge in [-0.05, 0) is 42.8 Å². The number of nitrogens with one attached hydrogen (secondary N) is 1. The molecule has 0 radical (unpaired) electrons. The minimum absolute atomic E-state index is 0.122. The van der Waals surface area contributed by atoms with Crippen LogP contribution in [0.5, 0.6) is 5.75 Å². The van der Waals surface area contributed by atoms with Gasteiger partial charge in [-0.2, -0.15) is 0 Å². The normalized spacial score (nSPS) is 10.6. The lowest BCUT2D eigenvalue weighted by atomic mass is 10.2. The van der Waals surface area contributed by atoms with Crippen molar-refractivity contribution in [2.24, 2.45) is 0 Å². The Morgan fingerprint density at radius 2 is 2.00 bits per heavy atom. The molecule has 0 unspecified atom stereocenters. The fraction of sp³-hybridized carbons (Fsp3) is 0.294. The molecule has 2 nitrogen and oxygen atoms in total. The summed E-state index contributed by atoms with van der Waals surface area (Å²) in [5.74, 6) is 0.369. The van der Waals surface area contributed by atoms with Gasteiger partial charge in [-0.3, -0.25) is 0 Å². The van der Waals surface area contributed by atoms with Gasteiger partial charge in [-0.1, -0.05) is 36.7 Å². The molecule has 0 atom stereocenters. The zero-order chi connectivity index (χ0) is 15.1. The van der Waals surface area contributed by atoms with Crippen molar-refractivity contribution >= 4 is 11.6 Å². The molecule has 0 spiro atoms. The average molecular weight is 308 g/mol. The van der Waals surface area contributed by atoms with Crippen molar-refractivity contribution in [3.8, 4) is 5.75 Å². The third kappa shape index (κ3) is 4.73. The van der Waals surface area contributed by atoms with E-state index >= 15 is 0 Å². The van der Waals surface area contributed by atoms with Crippen LogP contribution in [0.1, 0.15) is 24.5 Å². The smallest absolute Gasteiger partial charge is 0.131 e. The van der Waals surface area contributed by atoms with Crippen LogP contribution in [0.3, 0.4) is 0 Å². The molecule has 2 rings (SSSR count). The summed E-state index contributed by atoms with van der Waals surface area (Å²) in [7, 11) is 0. The molecule has 2 aromatic rings. The standard InChI is InChI=1S/C17H19ClFNO/c1-2-9-20-11-13-5-3-6-14(10-13)21-12-15-16(18)7-4-8-17(15)19/h3-8,10,20H,2,9,11-12H2,1H3. The van der Waals surface area contributed by atoms with E-state index in [0.717, 1.165) is 25.1 Å². The van der Waals surface area contributed by atoms with Gasteiger partial charge in [-0.25, -0.2) is 4.39 Å². The van der Waals surface area contributed by atoms with Crippen molar-refractivity contribution in [3.63, 3.8) is 0 Å². The van der Waals surface area contributed by atoms with Crippen LogP contribution >= 0.6 is 11.6 Å². The Morgan fingerprint density at radius 3 is 2.76 bits per heavy atom. The van der Waals surface area contributed by atoms with E-state index in [1.165, 1.54) is 6.07 Å². The average Bonchev–Trinajstić information content (AvgIpc) is 2.47. The van der Waals surface area contributed by atoms with Crippen molar-refractivity contribution in [3.05, 3.63) is 64.4 Å².